The van der Waals surface area contributed by atoms with Crippen molar-refractivity contribution in [2.24, 2.45) is 7.05 Å². The number of nitrogens with one attached hydrogen (secondary N) is 3. The average Bonchev–Trinajstić information content (AvgIpc) is 4.05. The molecule has 0 unspecified atom stereocenters. The number of aliphatic hydroxyl groups excluding tert-OH is 2. The van der Waals surface area contributed by atoms with Crippen LogP contribution < -0.4 is 20.9 Å². The molecular formula is C38H46ClN13O3. The average molecular weight is 768 g/mol. The zero-order valence-corrected chi connectivity index (χ0v) is 31.5. The molecule has 4 aromatic heterocycles. The van der Waals surface area contributed by atoms with E-state index in [0.717, 1.165) is 22.5 Å². The SMILES string of the molecule is CCc1cnn([C@H]2C[C@@H](n3cnc4c(NCC(c5ccccc5)c5ccccc5)nc(N5CC[C@@H](NC(=O)NCc6cn(C)cn6)C5)nc43)[C@H](O)[C@@H]2O)n1.Cl. The van der Waals surface area contributed by atoms with E-state index in [0.29, 0.717) is 68.4 Å². The molecule has 2 fully saturated rings. The summed E-state index contributed by atoms with van der Waals surface area (Å²) >= 11 is 0. The Kier molecular flexibility index (Phi) is 11.3. The van der Waals surface area contributed by atoms with Gasteiger partial charge in [-0.25, -0.2) is 14.8 Å². The Bertz CT molecular complexity index is 2150. The molecule has 5 heterocycles. The minimum Gasteiger partial charge on any atom is -0.388 e. The zero-order chi connectivity index (χ0) is 37.2. The fourth-order valence-corrected chi connectivity index (χ4v) is 7.56. The maximum absolute atomic E-state index is 12.8. The maximum atomic E-state index is 12.8. The number of hydrogen-bond acceptors (Lipinski definition) is 11. The van der Waals surface area contributed by atoms with Crippen molar-refractivity contribution in [3.8, 4) is 0 Å². The van der Waals surface area contributed by atoms with Crippen LogP contribution in [0, 0.1) is 0 Å². The third-order valence-electron chi connectivity index (χ3n) is 10.5. The van der Waals surface area contributed by atoms with Gasteiger partial charge in [-0.05, 0) is 30.4 Å². The minimum atomic E-state index is -1.11. The van der Waals surface area contributed by atoms with Crippen LogP contribution in [0.1, 0.15) is 60.3 Å². The third kappa shape index (κ3) is 7.97. The lowest BCUT2D eigenvalue weighted by Gasteiger charge is -2.22. The number of anilines is 2. The number of carbonyl (C=O) groups excluding carboxylic acids is 1. The van der Waals surface area contributed by atoms with Crippen LogP contribution in [-0.2, 0) is 20.0 Å². The lowest BCUT2D eigenvalue weighted by Crippen LogP contribution is -2.43. The monoisotopic (exact) mass is 767 g/mol. The molecule has 1 aliphatic heterocycles. The first kappa shape index (κ1) is 37.7. The molecule has 2 aromatic carbocycles. The van der Waals surface area contributed by atoms with E-state index in [-0.39, 0.29) is 30.4 Å². The van der Waals surface area contributed by atoms with E-state index in [1.165, 1.54) is 4.80 Å². The Morgan fingerprint density at radius 3 is 2.35 bits per heavy atom. The van der Waals surface area contributed by atoms with Crippen molar-refractivity contribution in [3.05, 3.63) is 108 Å². The molecule has 5 N–H and O–H groups in total. The lowest BCUT2D eigenvalue weighted by atomic mass is 9.91. The molecule has 2 amide bonds. The first-order valence-corrected chi connectivity index (χ1v) is 18.5. The van der Waals surface area contributed by atoms with E-state index in [9.17, 15) is 15.0 Å². The molecule has 1 saturated carbocycles. The number of carbonyl (C=O) groups is 1. The summed E-state index contributed by atoms with van der Waals surface area (Å²) in [5.41, 5.74) is 5.00. The molecule has 0 bridgehead atoms. The third-order valence-corrected chi connectivity index (χ3v) is 10.5. The number of fused-ring (bicyclic) bond motifs is 1. The number of halogens is 1. The fourth-order valence-electron chi connectivity index (χ4n) is 7.56. The van der Waals surface area contributed by atoms with E-state index in [1.54, 1.807) is 18.9 Å². The summed E-state index contributed by atoms with van der Waals surface area (Å²) in [5.74, 6) is 1.06. The predicted octanol–water partition coefficient (Wildman–Crippen LogP) is 3.37. The second-order valence-electron chi connectivity index (χ2n) is 14.1. The smallest absolute Gasteiger partial charge is 0.315 e. The number of amides is 2. The Hall–Kier alpha value is -5.58. The van der Waals surface area contributed by atoms with E-state index in [4.69, 9.17) is 15.0 Å². The van der Waals surface area contributed by atoms with Gasteiger partial charge in [0.05, 0.1) is 42.8 Å². The van der Waals surface area contributed by atoms with E-state index in [2.05, 4.69) is 60.3 Å². The highest BCUT2D eigenvalue weighted by atomic mass is 35.5. The van der Waals surface area contributed by atoms with E-state index in [1.807, 2.05) is 65.7 Å². The zero-order valence-electron chi connectivity index (χ0n) is 30.7. The summed E-state index contributed by atoms with van der Waals surface area (Å²) in [6, 6.07) is 19.2. The summed E-state index contributed by atoms with van der Waals surface area (Å²) in [7, 11) is 1.89. The van der Waals surface area contributed by atoms with Crippen LogP contribution in [0.25, 0.3) is 11.2 Å². The first-order valence-electron chi connectivity index (χ1n) is 18.5. The molecule has 0 radical (unpaired) electrons. The molecule has 2 aliphatic rings. The van der Waals surface area contributed by atoms with Gasteiger partial charge in [0.1, 0.15) is 18.2 Å². The number of imidazole rings is 2. The summed E-state index contributed by atoms with van der Waals surface area (Å²) in [4.78, 5) is 35.5. The van der Waals surface area contributed by atoms with Crippen molar-refractivity contribution in [1.82, 2.24) is 54.7 Å². The molecule has 17 heteroatoms. The number of hydrogen-bond donors (Lipinski definition) is 5. The number of rotatable bonds is 12. The normalized spacial score (nSPS) is 20.9. The summed E-state index contributed by atoms with van der Waals surface area (Å²) < 4.78 is 3.68. The summed E-state index contributed by atoms with van der Waals surface area (Å²) in [5, 5.41) is 41.1. The van der Waals surface area contributed by atoms with Gasteiger partial charge < -0.3 is 40.2 Å². The quantitative estimate of drug-likeness (QED) is 0.123. The van der Waals surface area contributed by atoms with Gasteiger partial charge in [-0.3, -0.25) is 0 Å². The van der Waals surface area contributed by atoms with Gasteiger partial charge in [0, 0.05) is 44.8 Å². The topological polar surface area (TPSA) is 189 Å². The van der Waals surface area contributed by atoms with Gasteiger partial charge in [0.15, 0.2) is 17.0 Å². The molecule has 5 atom stereocenters. The molecular weight excluding hydrogens is 722 g/mol. The van der Waals surface area contributed by atoms with Crippen molar-refractivity contribution in [3.63, 3.8) is 0 Å². The van der Waals surface area contributed by atoms with Crippen molar-refractivity contribution < 1.29 is 15.0 Å². The molecule has 288 valence electrons. The predicted molar refractivity (Wildman–Crippen MR) is 209 cm³/mol. The number of aliphatic hydroxyl groups is 2. The molecule has 55 heavy (non-hydrogen) atoms. The number of aromatic nitrogens is 9. The number of urea groups is 1. The van der Waals surface area contributed by atoms with Gasteiger partial charge in [0.25, 0.3) is 0 Å². The number of aryl methyl sites for hydroxylation is 2. The Labute approximate surface area is 324 Å². The second-order valence-corrected chi connectivity index (χ2v) is 14.1. The summed E-state index contributed by atoms with van der Waals surface area (Å²) in [6.07, 6.45) is 6.52. The Morgan fingerprint density at radius 1 is 0.945 bits per heavy atom. The van der Waals surface area contributed by atoms with Crippen LogP contribution in [0.4, 0.5) is 16.6 Å². The van der Waals surface area contributed by atoms with Crippen LogP contribution in [0.3, 0.4) is 0 Å². The van der Waals surface area contributed by atoms with Crippen LogP contribution in [0.5, 0.6) is 0 Å². The van der Waals surface area contributed by atoms with Crippen molar-refractivity contribution in [1.29, 1.82) is 0 Å². The van der Waals surface area contributed by atoms with Crippen molar-refractivity contribution in [2.75, 3.05) is 29.9 Å². The highest BCUT2D eigenvalue weighted by Gasteiger charge is 2.45. The van der Waals surface area contributed by atoms with Gasteiger partial charge in [0.2, 0.25) is 5.95 Å². The van der Waals surface area contributed by atoms with Crippen LogP contribution >= 0.6 is 12.4 Å². The van der Waals surface area contributed by atoms with Gasteiger partial charge in [-0.1, -0.05) is 67.6 Å². The minimum absolute atomic E-state index is 0. The van der Waals surface area contributed by atoms with Crippen LogP contribution in [-0.4, -0.2) is 98.2 Å². The van der Waals surface area contributed by atoms with E-state index < -0.39 is 24.3 Å². The van der Waals surface area contributed by atoms with Crippen molar-refractivity contribution >= 4 is 41.4 Å². The van der Waals surface area contributed by atoms with Gasteiger partial charge in [-0.15, -0.1) is 12.4 Å². The summed E-state index contributed by atoms with van der Waals surface area (Å²) in [6.45, 7) is 3.98. The Balaban J connectivity index is 0.00000465. The Morgan fingerprint density at radius 2 is 1.67 bits per heavy atom. The van der Waals surface area contributed by atoms with Gasteiger partial charge in [-0.2, -0.15) is 25.0 Å². The number of benzene rings is 2. The molecule has 16 nitrogen and oxygen atoms in total. The molecule has 1 aliphatic carbocycles. The maximum Gasteiger partial charge on any atom is 0.315 e. The molecule has 1 saturated heterocycles. The number of nitrogens with zero attached hydrogens (tertiary/aromatic N) is 10. The highest BCUT2D eigenvalue weighted by molar-refractivity contribution is 5.85. The second kappa shape index (κ2) is 16.4. The van der Waals surface area contributed by atoms with Crippen LogP contribution in [0.15, 0.2) is 85.7 Å². The standard InChI is InChI=1S/C38H45N13O3.ClH/c1-3-26-18-43-51(47-26)31-16-30(33(52)34(31)53)50-23-42-32-35(39-19-29(24-10-6-4-7-11-24)25-12-8-5-9-13-25)45-37(46-36(32)50)49-15-14-27(21-49)44-38(54)40-17-28-20-48(2)22-41-28;/h4-13,18,20,22-23,27,29-31,33-34,52-53H,3,14-17,19,21H2,1-2H3,(H,39,45,46)(H2,40,44,54);1H/t27-,30-,31+,33+,34-;/m1./s1. The lowest BCUT2D eigenvalue weighted by molar-refractivity contribution is 0.00497. The fraction of sp³-hybridized carbons (Fsp3) is 0.395. The first-order chi connectivity index (χ1) is 26.3. The highest BCUT2D eigenvalue weighted by Crippen LogP contribution is 2.40. The molecule has 6 aromatic rings. The largest absolute Gasteiger partial charge is 0.388 e. The van der Waals surface area contributed by atoms with E-state index >= 15 is 0 Å². The van der Waals surface area contributed by atoms with Crippen molar-refractivity contribution in [2.45, 2.75) is 69.0 Å². The molecule has 0 spiro atoms. The van der Waals surface area contributed by atoms with Crippen LogP contribution in [0.2, 0.25) is 0 Å². The van der Waals surface area contributed by atoms with Gasteiger partial charge >= 0.3 is 6.03 Å². The molecule has 8 rings (SSSR count).